The summed E-state index contributed by atoms with van der Waals surface area (Å²) in [5, 5.41) is 2.73. The third-order valence-electron chi connectivity index (χ3n) is 2.87. The van der Waals surface area contributed by atoms with Crippen LogP contribution >= 0.6 is 0 Å². The molecule has 0 aliphatic rings. The molecule has 1 N–H and O–H groups in total. The van der Waals surface area contributed by atoms with Gasteiger partial charge in [0.15, 0.2) is 6.10 Å². The quantitative estimate of drug-likeness (QED) is 0.925. The van der Waals surface area contributed by atoms with Gasteiger partial charge < -0.3 is 10.1 Å². The molecule has 0 unspecified atom stereocenters. The Morgan fingerprint density at radius 2 is 1.90 bits per heavy atom. The Kier molecular flexibility index (Phi) is 4.35. The molecular weight excluding hydrogens is 257 g/mol. The van der Waals surface area contributed by atoms with E-state index >= 15 is 0 Å². The lowest BCUT2D eigenvalue weighted by molar-refractivity contribution is -0.122. The molecule has 0 radical (unpaired) electrons. The van der Waals surface area contributed by atoms with E-state index in [0.29, 0.717) is 17.0 Å². The number of carbonyl (C=O) groups is 1. The lowest BCUT2D eigenvalue weighted by Crippen LogP contribution is -2.30. The van der Waals surface area contributed by atoms with Crippen molar-refractivity contribution in [1.29, 1.82) is 0 Å². The number of benzene rings is 2. The fourth-order valence-corrected chi connectivity index (χ4v) is 1.76. The van der Waals surface area contributed by atoms with Crippen molar-refractivity contribution in [2.45, 2.75) is 20.0 Å². The third kappa shape index (κ3) is 3.57. The number of anilines is 1. The Bertz CT molecular complexity index is 599. The predicted octanol–water partition coefficient (Wildman–Crippen LogP) is 3.54. The minimum Gasteiger partial charge on any atom is -0.481 e. The summed E-state index contributed by atoms with van der Waals surface area (Å²) in [7, 11) is 0. The summed E-state index contributed by atoms with van der Waals surface area (Å²) in [4.78, 5) is 12.0. The van der Waals surface area contributed by atoms with Gasteiger partial charge >= 0.3 is 0 Å². The highest BCUT2D eigenvalue weighted by Crippen LogP contribution is 2.17. The summed E-state index contributed by atoms with van der Waals surface area (Å²) in [6, 6.07) is 13.3. The van der Waals surface area contributed by atoms with Gasteiger partial charge in [0.05, 0.1) is 0 Å². The van der Waals surface area contributed by atoms with E-state index in [4.69, 9.17) is 4.74 Å². The maximum Gasteiger partial charge on any atom is 0.265 e. The SMILES string of the molecule is Cc1cc(F)ccc1NC(=O)[C@H](C)Oc1ccccc1. The van der Waals surface area contributed by atoms with E-state index < -0.39 is 6.10 Å². The van der Waals surface area contributed by atoms with Crippen molar-refractivity contribution in [2.75, 3.05) is 5.32 Å². The van der Waals surface area contributed by atoms with Crippen molar-refractivity contribution >= 4 is 11.6 Å². The molecule has 3 nitrogen and oxygen atoms in total. The molecule has 0 aromatic heterocycles. The molecule has 0 spiro atoms. The Labute approximate surface area is 117 Å². The maximum atomic E-state index is 13.0. The number of carbonyl (C=O) groups excluding carboxylic acids is 1. The van der Waals surface area contributed by atoms with Gasteiger partial charge in [-0.15, -0.1) is 0 Å². The van der Waals surface area contributed by atoms with E-state index in [1.165, 1.54) is 18.2 Å². The van der Waals surface area contributed by atoms with E-state index in [2.05, 4.69) is 5.32 Å². The zero-order valence-electron chi connectivity index (χ0n) is 11.4. The average Bonchev–Trinajstić information content (AvgIpc) is 2.43. The van der Waals surface area contributed by atoms with Crippen molar-refractivity contribution in [3.8, 4) is 5.75 Å². The second kappa shape index (κ2) is 6.19. The molecular formula is C16H16FNO2. The number of hydrogen-bond donors (Lipinski definition) is 1. The topological polar surface area (TPSA) is 38.3 Å². The minimum absolute atomic E-state index is 0.274. The van der Waals surface area contributed by atoms with E-state index in [0.717, 1.165) is 0 Å². The highest BCUT2D eigenvalue weighted by molar-refractivity contribution is 5.94. The van der Waals surface area contributed by atoms with Gasteiger partial charge in [-0.2, -0.15) is 0 Å². The van der Waals surface area contributed by atoms with Gasteiger partial charge in [-0.25, -0.2) is 4.39 Å². The summed E-state index contributed by atoms with van der Waals surface area (Å²) in [5.74, 6) is 0.0311. The summed E-state index contributed by atoms with van der Waals surface area (Å²) < 4.78 is 18.5. The predicted molar refractivity (Wildman–Crippen MR) is 76.3 cm³/mol. The molecule has 0 bridgehead atoms. The van der Waals surface area contributed by atoms with Crippen LogP contribution in [-0.4, -0.2) is 12.0 Å². The number of nitrogens with one attached hydrogen (secondary N) is 1. The van der Waals surface area contributed by atoms with Gasteiger partial charge in [-0.3, -0.25) is 4.79 Å². The number of amides is 1. The maximum absolute atomic E-state index is 13.0. The first-order chi connectivity index (χ1) is 9.56. The van der Waals surface area contributed by atoms with Crippen LogP contribution < -0.4 is 10.1 Å². The monoisotopic (exact) mass is 273 g/mol. The molecule has 0 saturated heterocycles. The number of hydrogen-bond acceptors (Lipinski definition) is 2. The van der Waals surface area contributed by atoms with Gasteiger partial charge in [0.25, 0.3) is 5.91 Å². The van der Waals surface area contributed by atoms with Crippen LogP contribution in [0.15, 0.2) is 48.5 Å². The van der Waals surface area contributed by atoms with Gasteiger partial charge in [0, 0.05) is 5.69 Å². The molecule has 2 aromatic carbocycles. The van der Waals surface area contributed by atoms with E-state index in [-0.39, 0.29) is 11.7 Å². The second-order valence-electron chi connectivity index (χ2n) is 4.52. The third-order valence-corrected chi connectivity index (χ3v) is 2.87. The lowest BCUT2D eigenvalue weighted by atomic mass is 10.2. The van der Waals surface area contributed by atoms with Crippen LogP contribution in [0.4, 0.5) is 10.1 Å². The molecule has 0 aliphatic carbocycles. The molecule has 2 aromatic rings. The van der Waals surface area contributed by atoms with Crippen LogP contribution in [0.3, 0.4) is 0 Å². The van der Waals surface area contributed by atoms with Crippen LogP contribution in [0.25, 0.3) is 0 Å². The molecule has 1 amide bonds. The molecule has 2 rings (SSSR count). The Morgan fingerprint density at radius 1 is 1.20 bits per heavy atom. The summed E-state index contributed by atoms with van der Waals surface area (Å²) in [6.07, 6.45) is -0.637. The first-order valence-electron chi connectivity index (χ1n) is 6.35. The molecule has 20 heavy (non-hydrogen) atoms. The zero-order chi connectivity index (χ0) is 14.5. The smallest absolute Gasteiger partial charge is 0.265 e. The summed E-state index contributed by atoms with van der Waals surface area (Å²) >= 11 is 0. The summed E-state index contributed by atoms with van der Waals surface area (Å²) in [6.45, 7) is 3.41. The molecule has 4 heteroatoms. The normalized spacial score (nSPS) is 11.8. The van der Waals surface area contributed by atoms with Crippen LogP contribution in [0.1, 0.15) is 12.5 Å². The molecule has 0 saturated carbocycles. The first-order valence-corrected chi connectivity index (χ1v) is 6.35. The average molecular weight is 273 g/mol. The second-order valence-corrected chi connectivity index (χ2v) is 4.52. The Morgan fingerprint density at radius 3 is 2.55 bits per heavy atom. The fourth-order valence-electron chi connectivity index (χ4n) is 1.76. The van der Waals surface area contributed by atoms with E-state index in [1.807, 2.05) is 18.2 Å². The molecule has 104 valence electrons. The Balaban J connectivity index is 2.01. The molecule has 0 heterocycles. The minimum atomic E-state index is -0.637. The van der Waals surface area contributed by atoms with E-state index in [1.54, 1.807) is 26.0 Å². The zero-order valence-corrected chi connectivity index (χ0v) is 11.4. The number of para-hydroxylation sites is 1. The van der Waals surface area contributed by atoms with Crippen LogP contribution in [-0.2, 0) is 4.79 Å². The number of aryl methyl sites for hydroxylation is 1. The van der Waals surface area contributed by atoms with Crippen LogP contribution in [0.2, 0.25) is 0 Å². The summed E-state index contributed by atoms with van der Waals surface area (Å²) in [5.41, 5.74) is 1.25. The molecule has 0 fully saturated rings. The van der Waals surface area contributed by atoms with Crippen molar-refractivity contribution in [3.63, 3.8) is 0 Å². The largest absolute Gasteiger partial charge is 0.481 e. The van der Waals surface area contributed by atoms with Gasteiger partial charge in [0.1, 0.15) is 11.6 Å². The van der Waals surface area contributed by atoms with Crippen molar-refractivity contribution < 1.29 is 13.9 Å². The van der Waals surface area contributed by atoms with Crippen molar-refractivity contribution in [3.05, 3.63) is 59.9 Å². The number of halogens is 1. The highest BCUT2D eigenvalue weighted by Gasteiger charge is 2.15. The number of rotatable bonds is 4. The van der Waals surface area contributed by atoms with Crippen molar-refractivity contribution in [2.24, 2.45) is 0 Å². The fraction of sp³-hybridized carbons (Fsp3) is 0.188. The van der Waals surface area contributed by atoms with Gasteiger partial charge in [-0.05, 0) is 49.7 Å². The first kappa shape index (κ1) is 14.1. The van der Waals surface area contributed by atoms with Crippen LogP contribution in [0.5, 0.6) is 5.75 Å². The lowest BCUT2D eigenvalue weighted by Gasteiger charge is -2.15. The molecule has 1 atom stereocenters. The number of ether oxygens (including phenoxy) is 1. The van der Waals surface area contributed by atoms with Crippen LogP contribution in [0, 0.1) is 12.7 Å². The Hall–Kier alpha value is -2.36. The van der Waals surface area contributed by atoms with Gasteiger partial charge in [-0.1, -0.05) is 18.2 Å². The van der Waals surface area contributed by atoms with E-state index in [9.17, 15) is 9.18 Å². The highest BCUT2D eigenvalue weighted by atomic mass is 19.1. The van der Waals surface area contributed by atoms with Crippen molar-refractivity contribution in [1.82, 2.24) is 0 Å². The van der Waals surface area contributed by atoms with Gasteiger partial charge in [0.2, 0.25) is 0 Å². The molecule has 0 aliphatic heterocycles. The standard InChI is InChI=1S/C16H16FNO2/c1-11-10-13(17)8-9-15(11)18-16(19)12(2)20-14-6-4-3-5-7-14/h3-10,12H,1-2H3,(H,18,19)/t12-/m0/s1.